The van der Waals surface area contributed by atoms with E-state index < -0.39 is 6.29 Å². The quantitative estimate of drug-likeness (QED) is 0.445. The number of carbonyl (C=O) groups is 2. The number of cyclic esters (lactones) is 1. The van der Waals surface area contributed by atoms with Crippen molar-refractivity contribution in [2.75, 3.05) is 0 Å². The molecule has 3 fully saturated rings. The van der Waals surface area contributed by atoms with E-state index in [9.17, 15) is 9.59 Å². The monoisotopic (exact) mass is 304 g/mol. The Kier molecular flexibility index (Phi) is 3.24. The highest BCUT2D eigenvalue weighted by Gasteiger charge is 2.53. The Morgan fingerprint density at radius 1 is 1.18 bits per heavy atom. The van der Waals surface area contributed by atoms with Crippen LogP contribution in [0, 0.1) is 17.8 Å². The highest BCUT2D eigenvalue weighted by Crippen LogP contribution is 2.52. The third kappa shape index (κ3) is 2.14. The zero-order chi connectivity index (χ0) is 15.3. The van der Waals surface area contributed by atoms with Gasteiger partial charge < -0.3 is 14.2 Å². The van der Waals surface area contributed by atoms with Crippen LogP contribution in [0.3, 0.4) is 0 Å². The summed E-state index contributed by atoms with van der Waals surface area (Å²) in [5.41, 5.74) is 1.13. The summed E-state index contributed by atoms with van der Waals surface area (Å²) in [5, 5.41) is 0. The Hall–Kier alpha value is -1.78. The smallest absolute Gasteiger partial charge is 0.337 e. The van der Waals surface area contributed by atoms with E-state index in [1.54, 1.807) is 13.0 Å². The molecule has 2 saturated carbocycles. The molecule has 118 valence electrons. The lowest BCUT2D eigenvalue weighted by atomic mass is 9.81. The molecule has 0 N–H and O–H groups in total. The molecule has 0 spiro atoms. The number of esters is 2. The number of carbonyl (C=O) groups excluding carboxylic acids is 2. The highest BCUT2D eigenvalue weighted by atomic mass is 16.7. The van der Waals surface area contributed by atoms with Gasteiger partial charge in [0.25, 0.3) is 6.29 Å². The van der Waals surface area contributed by atoms with E-state index in [0.29, 0.717) is 23.0 Å². The van der Waals surface area contributed by atoms with E-state index in [2.05, 4.69) is 0 Å². The van der Waals surface area contributed by atoms with E-state index in [0.717, 1.165) is 12.8 Å². The van der Waals surface area contributed by atoms with Crippen LogP contribution >= 0.6 is 0 Å². The summed E-state index contributed by atoms with van der Waals surface area (Å²) in [6.07, 6.45) is 8.30. The van der Waals surface area contributed by atoms with Crippen molar-refractivity contribution < 1.29 is 23.8 Å². The topological polar surface area (TPSA) is 61.8 Å². The van der Waals surface area contributed by atoms with E-state index in [1.807, 2.05) is 0 Å². The van der Waals surface area contributed by atoms with Crippen molar-refractivity contribution >= 4 is 11.9 Å². The maximum atomic E-state index is 12.1. The van der Waals surface area contributed by atoms with Crippen molar-refractivity contribution in [3.63, 3.8) is 0 Å². The van der Waals surface area contributed by atoms with Gasteiger partial charge in [-0.2, -0.15) is 0 Å². The van der Waals surface area contributed by atoms with Gasteiger partial charge in [-0.25, -0.2) is 9.59 Å². The Labute approximate surface area is 129 Å². The molecule has 4 aliphatic rings. The summed E-state index contributed by atoms with van der Waals surface area (Å²) >= 11 is 0. The lowest BCUT2D eigenvalue weighted by Crippen LogP contribution is -2.25. The van der Waals surface area contributed by atoms with Gasteiger partial charge in [0.1, 0.15) is 6.10 Å². The molecule has 2 aliphatic carbocycles. The molecule has 2 aliphatic heterocycles. The predicted molar refractivity (Wildman–Crippen MR) is 76.2 cm³/mol. The number of fused-ring (bicyclic) bond motifs is 3. The zero-order valence-corrected chi connectivity index (χ0v) is 12.6. The second-order valence-corrected chi connectivity index (χ2v) is 6.75. The largest absolute Gasteiger partial charge is 0.458 e. The lowest BCUT2D eigenvalue weighted by Gasteiger charge is -2.27. The molecular formula is C17H20O5. The number of hydrogen-bond donors (Lipinski definition) is 0. The Morgan fingerprint density at radius 2 is 2.00 bits per heavy atom. The fourth-order valence-electron chi connectivity index (χ4n) is 4.38. The third-order valence-corrected chi connectivity index (χ3v) is 5.48. The van der Waals surface area contributed by atoms with Gasteiger partial charge in [-0.15, -0.1) is 0 Å². The molecule has 0 bridgehead atoms. The number of rotatable bonds is 2. The number of hydrogen-bond acceptors (Lipinski definition) is 5. The maximum absolute atomic E-state index is 12.1. The SMILES string of the molecule is CC1=CC(O/C=C2/C(=O)OC3C2CC2CCCCC23)OC1=O. The molecule has 5 unspecified atom stereocenters. The van der Waals surface area contributed by atoms with Crippen LogP contribution < -0.4 is 0 Å². The minimum atomic E-state index is -0.726. The van der Waals surface area contributed by atoms with Gasteiger partial charge >= 0.3 is 11.9 Å². The van der Waals surface area contributed by atoms with Crippen molar-refractivity contribution in [2.45, 2.75) is 51.4 Å². The Balaban J connectivity index is 1.49. The molecule has 1 saturated heterocycles. The van der Waals surface area contributed by atoms with E-state index in [1.165, 1.54) is 25.5 Å². The minimum absolute atomic E-state index is 0.0241. The van der Waals surface area contributed by atoms with Gasteiger partial charge in [-0.05, 0) is 31.6 Å². The van der Waals surface area contributed by atoms with Crippen molar-refractivity contribution in [1.82, 2.24) is 0 Å². The summed E-state index contributed by atoms with van der Waals surface area (Å²) in [6, 6.07) is 0. The summed E-state index contributed by atoms with van der Waals surface area (Å²) in [6.45, 7) is 1.68. The molecule has 22 heavy (non-hydrogen) atoms. The normalized spacial score (nSPS) is 41.8. The molecule has 0 aromatic rings. The van der Waals surface area contributed by atoms with Crippen LogP contribution in [0.15, 0.2) is 23.5 Å². The first-order valence-electron chi connectivity index (χ1n) is 8.09. The minimum Gasteiger partial charge on any atom is -0.458 e. The van der Waals surface area contributed by atoms with Crippen molar-refractivity contribution in [3.05, 3.63) is 23.5 Å². The fraction of sp³-hybridized carbons (Fsp3) is 0.647. The summed E-state index contributed by atoms with van der Waals surface area (Å²) in [4.78, 5) is 23.4. The van der Waals surface area contributed by atoms with Gasteiger partial charge in [-0.1, -0.05) is 19.3 Å². The lowest BCUT2D eigenvalue weighted by molar-refractivity contribution is -0.152. The van der Waals surface area contributed by atoms with Crippen LogP contribution in [0.1, 0.15) is 39.0 Å². The number of ether oxygens (including phenoxy) is 3. The Morgan fingerprint density at radius 3 is 2.77 bits per heavy atom. The maximum Gasteiger partial charge on any atom is 0.337 e. The van der Waals surface area contributed by atoms with E-state index in [4.69, 9.17) is 14.2 Å². The molecule has 0 aromatic heterocycles. The van der Waals surface area contributed by atoms with Crippen molar-refractivity contribution in [3.8, 4) is 0 Å². The van der Waals surface area contributed by atoms with Crippen molar-refractivity contribution in [1.29, 1.82) is 0 Å². The molecule has 2 heterocycles. The van der Waals surface area contributed by atoms with Crippen LogP contribution in [0.2, 0.25) is 0 Å². The van der Waals surface area contributed by atoms with Crippen LogP contribution in [-0.2, 0) is 23.8 Å². The Bertz CT molecular complexity index is 576. The van der Waals surface area contributed by atoms with E-state index >= 15 is 0 Å². The van der Waals surface area contributed by atoms with Crippen LogP contribution in [-0.4, -0.2) is 24.3 Å². The molecule has 0 radical (unpaired) electrons. The van der Waals surface area contributed by atoms with Crippen LogP contribution in [0.4, 0.5) is 0 Å². The highest BCUT2D eigenvalue weighted by molar-refractivity contribution is 5.91. The first-order chi connectivity index (χ1) is 10.6. The molecule has 4 rings (SSSR count). The average molecular weight is 304 g/mol. The average Bonchev–Trinajstić information content (AvgIpc) is 3.10. The molecule has 5 heteroatoms. The first-order valence-corrected chi connectivity index (χ1v) is 8.09. The first kappa shape index (κ1) is 13.9. The second kappa shape index (κ2) is 5.14. The molecule has 5 atom stereocenters. The predicted octanol–water partition coefficient (Wildman–Crippen LogP) is 2.47. The standard InChI is InChI=1S/C17H20O5/c1-9-6-14(21-16(9)18)20-8-13-12-7-10-4-2-3-5-11(10)15(12)22-17(13)19/h6,8,10-12,14-15H,2-5,7H2,1H3/b13-8+. The van der Waals surface area contributed by atoms with Crippen LogP contribution in [0.25, 0.3) is 0 Å². The third-order valence-electron chi connectivity index (χ3n) is 5.48. The summed E-state index contributed by atoms with van der Waals surface area (Å²) < 4.78 is 16.1. The van der Waals surface area contributed by atoms with Gasteiger partial charge in [0.2, 0.25) is 0 Å². The summed E-state index contributed by atoms with van der Waals surface area (Å²) in [5.74, 6) is 0.681. The molecule has 0 amide bonds. The second-order valence-electron chi connectivity index (χ2n) is 6.75. The fourth-order valence-corrected chi connectivity index (χ4v) is 4.38. The van der Waals surface area contributed by atoms with Gasteiger partial charge in [-0.3, -0.25) is 0 Å². The summed E-state index contributed by atoms with van der Waals surface area (Å²) in [7, 11) is 0. The molecular weight excluding hydrogens is 284 g/mol. The zero-order valence-electron chi connectivity index (χ0n) is 12.6. The van der Waals surface area contributed by atoms with Gasteiger partial charge in [0.15, 0.2) is 0 Å². The van der Waals surface area contributed by atoms with Crippen LogP contribution in [0.5, 0.6) is 0 Å². The van der Waals surface area contributed by atoms with Gasteiger partial charge in [0, 0.05) is 17.6 Å². The molecule has 5 nitrogen and oxygen atoms in total. The van der Waals surface area contributed by atoms with Gasteiger partial charge in [0.05, 0.1) is 11.8 Å². The van der Waals surface area contributed by atoms with Crippen molar-refractivity contribution in [2.24, 2.45) is 17.8 Å². The molecule has 0 aromatic carbocycles. The van der Waals surface area contributed by atoms with E-state index in [-0.39, 0.29) is 24.0 Å².